The van der Waals surface area contributed by atoms with Gasteiger partial charge in [0, 0.05) is 36.6 Å². The van der Waals surface area contributed by atoms with Gasteiger partial charge in [-0.1, -0.05) is 48.5 Å². The number of amides is 1. The summed E-state index contributed by atoms with van der Waals surface area (Å²) in [5.41, 5.74) is 3.77. The van der Waals surface area contributed by atoms with Crippen LogP contribution in [0.1, 0.15) is 36.9 Å². The van der Waals surface area contributed by atoms with E-state index in [9.17, 15) is 4.79 Å². The first-order chi connectivity index (χ1) is 11.7. The minimum Gasteiger partial charge on any atom is -0.343 e. The Labute approximate surface area is 142 Å². The number of nitrogens with zero attached hydrogens (tertiary/aromatic N) is 2. The molecule has 1 fully saturated rings. The van der Waals surface area contributed by atoms with Crippen molar-refractivity contribution in [1.82, 2.24) is 9.47 Å². The summed E-state index contributed by atoms with van der Waals surface area (Å²) in [6.45, 7) is 3.87. The van der Waals surface area contributed by atoms with Crippen LogP contribution in [0.2, 0.25) is 0 Å². The SMILES string of the molecule is CC(c1cn(Cc2ccccc2)c2ccccc12)N1CCCC1=O. The number of carbonyl (C=O) groups is 1. The van der Waals surface area contributed by atoms with E-state index in [0.717, 1.165) is 19.5 Å². The van der Waals surface area contributed by atoms with Crippen LogP contribution in [0.3, 0.4) is 0 Å². The van der Waals surface area contributed by atoms with Crippen molar-refractivity contribution in [2.24, 2.45) is 0 Å². The highest BCUT2D eigenvalue weighted by atomic mass is 16.2. The summed E-state index contributed by atoms with van der Waals surface area (Å²) in [7, 11) is 0. The Balaban J connectivity index is 1.75. The number of fused-ring (bicyclic) bond motifs is 1. The van der Waals surface area contributed by atoms with Crippen LogP contribution in [0.25, 0.3) is 10.9 Å². The van der Waals surface area contributed by atoms with Gasteiger partial charge in [-0.15, -0.1) is 0 Å². The first-order valence-electron chi connectivity index (χ1n) is 8.65. The van der Waals surface area contributed by atoms with E-state index in [2.05, 4.69) is 66.2 Å². The van der Waals surface area contributed by atoms with Crippen molar-refractivity contribution < 1.29 is 4.79 Å². The number of hydrogen-bond acceptors (Lipinski definition) is 1. The number of rotatable bonds is 4. The molecule has 1 amide bonds. The molecule has 0 spiro atoms. The van der Waals surface area contributed by atoms with Gasteiger partial charge < -0.3 is 9.47 Å². The number of hydrogen-bond donors (Lipinski definition) is 0. The Kier molecular flexibility index (Phi) is 3.85. The maximum absolute atomic E-state index is 12.1. The predicted molar refractivity (Wildman–Crippen MR) is 96.8 cm³/mol. The highest BCUT2D eigenvalue weighted by Crippen LogP contribution is 2.32. The number of benzene rings is 2. The molecule has 1 unspecified atom stereocenters. The molecule has 0 saturated carbocycles. The molecule has 1 saturated heterocycles. The van der Waals surface area contributed by atoms with Crippen molar-refractivity contribution in [3.05, 3.63) is 71.9 Å². The average Bonchev–Trinajstić information content (AvgIpc) is 3.20. The number of likely N-dealkylation sites (tertiary alicyclic amines) is 1. The average molecular weight is 318 g/mol. The van der Waals surface area contributed by atoms with Gasteiger partial charge in [0.05, 0.1) is 6.04 Å². The molecule has 4 rings (SSSR count). The van der Waals surface area contributed by atoms with E-state index in [1.165, 1.54) is 22.0 Å². The van der Waals surface area contributed by atoms with Crippen LogP contribution in [-0.2, 0) is 11.3 Å². The van der Waals surface area contributed by atoms with Crippen LogP contribution in [0.4, 0.5) is 0 Å². The molecule has 3 nitrogen and oxygen atoms in total. The zero-order chi connectivity index (χ0) is 16.5. The topological polar surface area (TPSA) is 25.2 Å². The number of aromatic nitrogens is 1. The smallest absolute Gasteiger partial charge is 0.223 e. The Morgan fingerprint density at radius 3 is 2.54 bits per heavy atom. The summed E-state index contributed by atoms with van der Waals surface area (Å²) >= 11 is 0. The van der Waals surface area contributed by atoms with Crippen molar-refractivity contribution in [3.8, 4) is 0 Å². The summed E-state index contributed by atoms with van der Waals surface area (Å²) in [4.78, 5) is 14.2. The highest BCUT2D eigenvalue weighted by Gasteiger charge is 2.27. The van der Waals surface area contributed by atoms with Gasteiger partial charge in [-0.2, -0.15) is 0 Å². The zero-order valence-electron chi connectivity index (χ0n) is 14.0. The first-order valence-corrected chi connectivity index (χ1v) is 8.65. The molecule has 0 radical (unpaired) electrons. The van der Waals surface area contributed by atoms with E-state index in [0.29, 0.717) is 6.42 Å². The quantitative estimate of drug-likeness (QED) is 0.701. The Bertz CT molecular complexity index is 866. The maximum atomic E-state index is 12.1. The van der Waals surface area contributed by atoms with Gasteiger partial charge in [-0.25, -0.2) is 0 Å². The van der Waals surface area contributed by atoms with Crippen molar-refractivity contribution in [1.29, 1.82) is 0 Å². The van der Waals surface area contributed by atoms with Crippen LogP contribution >= 0.6 is 0 Å². The fraction of sp³-hybridized carbons (Fsp3) is 0.286. The van der Waals surface area contributed by atoms with Gasteiger partial charge in [-0.05, 0) is 30.5 Å². The fourth-order valence-electron chi connectivity index (χ4n) is 3.77. The molecule has 1 atom stereocenters. The molecule has 0 N–H and O–H groups in total. The second-order valence-electron chi connectivity index (χ2n) is 6.58. The summed E-state index contributed by atoms with van der Waals surface area (Å²) in [5.74, 6) is 0.280. The summed E-state index contributed by atoms with van der Waals surface area (Å²) in [6.07, 6.45) is 3.90. The van der Waals surface area contributed by atoms with Gasteiger partial charge >= 0.3 is 0 Å². The molecular weight excluding hydrogens is 296 g/mol. The summed E-state index contributed by atoms with van der Waals surface area (Å²) < 4.78 is 2.30. The first kappa shape index (κ1) is 15.0. The minimum absolute atomic E-state index is 0.127. The molecular formula is C21H22N2O. The fourth-order valence-corrected chi connectivity index (χ4v) is 3.77. The summed E-state index contributed by atoms with van der Waals surface area (Å²) in [5, 5.41) is 1.25. The van der Waals surface area contributed by atoms with Crippen LogP contribution in [0, 0.1) is 0 Å². The van der Waals surface area contributed by atoms with Gasteiger partial charge in [0.2, 0.25) is 5.91 Å². The third-order valence-electron chi connectivity index (χ3n) is 5.04. The van der Waals surface area contributed by atoms with Crippen molar-refractivity contribution in [2.75, 3.05) is 6.54 Å². The Morgan fingerprint density at radius 1 is 1.04 bits per heavy atom. The lowest BCUT2D eigenvalue weighted by Gasteiger charge is -2.24. The third kappa shape index (κ3) is 2.60. The molecule has 1 aliphatic heterocycles. The lowest BCUT2D eigenvalue weighted by atomic mass is 10.1. The van der Waals surface area contributed by atoms with E-state index in [4.69, 9.17) is 0 Å². The molecule has 0 aliphatic carbocycles. The van der Waals surface area contributed by atoms with E-state index in [1.54, 1.807) is 0 Å². The van der Waals surface area contributed by atoms with Gasteiger partial charge in [0.15, 0.2) is 0 Å². The maximum Gasteiger partial charge on any atom is 0.223 e. The van der Waals surface area contributed by atoms with E-state index < -0.39 is 0 Å². The van der Waals surface area contributed by atoms with Gasteiger partial charge in [-0.3, -0.25) is 4.79 Å². The number of para-hydroxylation sites is 1. The van der Waals surface area contributed by atoms with E-state index in [1.807, 2.05) is 11.0 Å². The third-order valence-corrected chi connectivity index (χ3v) is 5.04. The van der Waals surface area contributed by atoms with E-state index >= 15 is 0 Å². The van der Waals surface area contributed by atoms with Gasteiger partial charge in [0.1, 0.15) is 0 Å². The monoisotopic (exact) mass is 318 g/mol. The molecule has 2 heterocycles. The van der Waals surface area contributed by atoms with Crippen LogP contribution in [0.5, 0.6) is 0 Å². The largest absolute Gasteiger partial charge is 0.343 e. The van der Waals surface area contributed by atoms with Crippen molar-refractivity contribution in [3.63, 3.8) is 0 Å². The second kappa shape index (κ2) is 6.16. The van der Waals surface area contributed by atoms with E-state index in [-0.39, 0.29) is 11.9 Å². The molecule has 122 valence electrons. The Morgan fingerprint density at radius 2 is 1.79 bits per heavy atom. The Hall–Kier alpha value is -2.55. The molecule has 24 heavy (non-hydrogen) atoms. The molecule has 3 aromatic rings. The zero-order valence-corrected chi connectivity index (χ0v) is 14.0. The highest BCUT2D eigenvalue weighted by molar-refractivity contribution is 5.86. The lowest BCUT2D eigenvalue weighted by molar-refractivity contribution is -0.129. The standard InChI is InChI=1S/C21H22N2O/c1-16(23-13-7-12-21(23)24)19-15-22(14-17-8-3-2-4-9-17)20-11-6-5-10-18(19)20/h2-6,8-11,15-16H,7,12-14H2,1H3. The second-order valence-corrected chi connectivity index (χ2v) is 6.58. The molecule has 1 aliphatic rings. The number of carbonyl (C=O) groups excluding carboxylic acids is 1. The van der Waals surface area contributed by atoms with Crippen LogP contribution in [-0.4, -0.2) is 21.9 Å². The minimum atomic E-state index is 0.127. The van der Waals surface area contributed by atoms with Crippen molar-refractivity contribution >= 4 is 16.8 Å². The molecule has 1 aromatic heterocycles. The van der Waals surface area contributed by atoms with Crippen LogP contribution in [0.15, 0.2) is 60.8 Å². The lowest BCUT2D eigenvalue weighted by Crippen LogP contribution is -2.27. The molecule has 3 heteroatoms. The summed E-state index contributed by atoms with van der Waals surface area (Å²) in [6, 6.07) is 19.1. The van der Waals surface area contributed by atoms with Gasteiger partial charge in [0.25, 0.3) is 0 Å². The predicted octanol–water partition coefficient (Wildman–Crippen LogP) is 4.37. The normalized spacial score (nSPS) is 16.0. The van der Waals surface area contributed by atoms with Crippen LogP contribution < -0.4 is 0 Å². The van der Waals surface area contributed by atoms with Crippen molar-refractivity contribution in [2.45, 2.75) is 32.4 Å². The molecule has 2 aromatic carbocycles. The molecule has 0 bridgehead atoms.